The average molecular weight is 513 g/mol. The van der Waals surface area contributed by atoms with Crippen molar-refractivity contribution in [3.05, 3.63) is 46.3 Å². The molecule has 0 radical (unpaired) electrons. The first-order chi connectivity index (χ1) is 12.4. The van der Waals surface area contributed by atoms with Crippen molar-refractivity contribution in [1.29, 1.82) is 0 Å². The van der Waals surface area contributed by atoms with E-state index < -0.39 is 11.7 Å². The summed E-state index contributed by atoms with van der Waals surface area (Å²) in [6, 6.07) is 6.39. The van der Waals surface area contributed by atoms with Crippen molar-refractivity contribution in [2.24, 2.45) is 4.99 Å². The molecule has 2 heterocycles. The van der Waals surface area contributed by atoms with Crippen molar-refractivity contribution in [3.63, 3.8) is 0 Å². The summed E-state index contributed by atoms with van der Waals surface area (Å²) in [5, 5.41) is 7.91. The van der Waals surface area contributed by atoms with E-state index in [9.17, 15) is 13.2 Å². The van der Waals surface area contributed by atoms with Gasteiger partial charge in [0.15, 0.2) is 5.96 Å². The number of likely N-dealkylation sites (N-methyl/N-ethyl adjacent to an activating group) is 1. The number of nitrogens with zero attached hydrogens (tertiary/aromatic N) is 3. The summed E-state index contributed by atoms with van der Waals surface area (Å²) >= 11 is 1.71. The smallest absolute Gasteiger partial charge is 0.368 e. The van der Waals surface area contributed by atoms with Crippen molar-refractivity contribution in [2.45, 2.75) is 12.6 Å². The predicted molar refractivity (Wildman–Crippen MR) is 115 cm³/mol. The lowest BCUT2D eigenvalue weighted by Crippen LogP contribution is -2.41. The topological polar surface area (TPSA) is 52.6 Å². The lowest BCUT2D eigenvalue weighted by atomic mass is 10.2. The Morgan fingerprint density at radius 1 is 1.26 bits per heavy atom. The van der Waals surface area contributed by atoms with Gasteiger partial charge in [0.05, 0.1) is 5.56 Å². The molecule has 10 heteroatoms. The Bertz CT molecular complexity index is 707. The molecule has 5 nitrogen and oxygen atoms in total. The number of guanidine groups is 1. The number of thiophene rings is 1. The van der Waals surface area contributed by atoms with Gasteiger partial charge in [-0.2, -0.15) is 13.2 Å². The Morgan fingerprint density at radius 2 is 2.04 bits per heavy atom. The van der Waals surface area contributed by atoms with E-state index >= 15 is 0 Å². The number of aliphatic imine (C=N–C) groups is 1. The second-order valence-electron chi connectivity index (χ2n) is 5.55. The van der Waals surface area contributed by atoms with Crippen LogP contribution in [0.15, 0.2) is 40.8 Å². The molecule has 0 fully saturated rings. The Balaban J connectivity index is 0.00000364. The minimum Gasteiger partial charge on any atom is -0.368 e. The number of aromatic nitrogens is 1. The maximum Gasteiger partial charge on any atom is 0.419 e. The van der Waals surface area contributed by atoms with Gasteiger partial charge >= 0.3 is 6.18 Å². The molecular formula is C17H23F3IN5S. The molecule has 0 aliphatic heterocycles. The number of hydrogen-bond donors (Lipinski definition) is 2. The molecule has 2 aromatic heterocycles. The van der Waals surface area contributed by atoms with E-state index in [1.165, 1.54) is 17.1 Å². The molecular weight excluding hydrogens is 490 g/mol. The van der Waals surface area contributed by atoms with Gasteiger partial charge in [0.1, 0.15) is 5.82 Å². The fraction of sp³-hybridized carbons (Fsp3) is 0.412. The van der Waals surface area contributed by atoms with Crippen LogP contribution in [-0.2, 0) is 12.6 Å². The molecule has 27 heavy (non-hydrogen) atoms. The molecule has 0 saturated carbocycles. The Labute approximate surface area is 178 Å². The molecule has 2 rings (SSSR count). The van der Waals surface area contributed by atoms with E-state index in [0.717, 1.165) is 19.0 Å². The van der Waals surface area contributed by atoms with Crippen LogP contribution < -0.4 is 10.6 Å². The van der Waals surface area contributed by atoms with Crippen LogP contribution in [0.2, 0.25) is 0 Å². The summed E-state index contributed by atoms with van der Waals surface area (Å²) < 4.78 is 38.8. The molecule has 0 saturated heterocycles. The van der Waals surface area contributed by atoms with E-state index in [0.29, 0.717) is 12.5 Å². The number of nitrogens with one attached hydrogen (secondary N) is 2. The highest BCUT2D eigenvalue weighted by Crippen LogP contribution is 2.33. The van der Waals surface area contributed by atoms with E-state index in [1.54, 1.807) is 18.4 Å². The molecule has 0 aliphatic rings. The summed E-state index contributed by atoms with van der Waals surface area (Å²) in [6.07, 6.45) is -2.18. The zero-order chi connectivity index (χ0) is 19.0. The second kappa shape index (κ2) is 11.3. The van der Waals surface area contributed by atoms with Crippen LogP contribution in [0.4, 0.5) is 19.0 Å². The SMILES string of the molecule is CN=C(NCCNc1ncccc1C(F)(F)F)N(C)CCc1cccs1.I. The maximum atomic E-state index is 12.9. The fourth-order valence-corrected chi connectivity index (χ4v) is 3.05. The lowest BCUT2D eigenvalue weighted by molar-refractivity contribution is -0.137. The monoisotopic (exact) mass is 513 g/mol. The van der Waals surface area contributed by atoms with Gasteiger partial charge in [-0.05, 0) is 30.0 Å². The van der Waals surface area contributed by atoms with Gasteiger partial charge < -0.3 is 15.5 Å². The zero-order valence-electron chi connectivity index (χ0n) is 15.1. The lowest BCUT2D eigenvalue weighted by Gasteiger charge is -2.22. The van der Waals surface area contributed by atoms with Crippen LogP contribution >= 0.6 is 35.3 Å². The highest BCUT2D eigenvalue weighted by molar-refractivity contribution is 14.0. The van der Waals surface area contributed by atoms with Crippen LogP contribution in [0.1, 0.15) is 10.4 Å². The summed E-state index contributed by atoms with van der Waals surface area (Å²) in [7, 11) is 3.61. The largest absolute Gasteiger partial charge is 0.419 e. The van der Waals surface area contributed by atoms with E-state index in [2.05, 4.69) is 26.7 Å². The third-order valence-electron chi connectivity index (χ3n) is 3.66. The van der Waals surface area contributed by atoms with Crippen LogP contribution in [0.25, 0.3) is 0 Å². The third-order valence-corrected chi connectivity index (χ3v) is 4.60. The molecule has 0 spiro atoms. The summed E-state index contributed by atoms with van der Waals surface area (Å²) in [5.41, 5.74) is -0.766. The number of halogens is 4. The van der Waals surface area contributed by atoms with Crippen molar-refractivity contribution in [3.8, 4) is 0 Å². The van der Waals surface area contributed by atoms with Gasteiger partial charge in [0.25, 0.3) is 0 Å². The van der Waals surface area contributed by atoms with Crippen molar-refractivity contribution in [1.82, 2.24) is 15.2 Å². The molecule has 0 atom stereocenters. The zero-order valence-corrected chi connectivity index (χ0v) is 18.2. The second-order valence-corrected chi connectivity index (χ2v) is 6.58. The number of rotatable bonds is 7. The minimum atomic E-state index is -4.43. The minimum absolute atomic E-state index is 0. The maximum absolute atomic E-state index is 12.9. The highest BCUT2D eigenvalue weighted by Gasteiger charge is 2.33. The third kappa shape index (κ3) is 7.53. The summed E-state index contributed by atoms with van der Waals surface area (Å²) in [6.45, 7) is 1.51. The number of anilines is 1. The van der Waals surface area contributed by atoms with Crippen LogP contribution in [0.5, 0.6) is 0 Å². The molecule has 2 N–H and O–H groups in total. The average Bonchev–Trinajstić information content (AvgIpc) is 3.13. The molecule has 2 aromatic rings. The van der Waals surface area contributed by atoms with Gasteiger partial charge in [-0.1, -0.05) is 6.07 Å². The Hall–Kier alpha value is -1.56. The molecule has 0 unspecified atom stereocenters. The van der Waals surface area contributed by atoms with Gasteiger partial charge in [0.2, 0.25) is 0 Å². The van der Waals surface area contributed by atoms with Gasteiger partial charge in [-0.15, -0.1) is 35.3 Å². The quantitative estimate of drug-likeness (QED) is 0.255. The van der Waals surface area contributed by atoms with Crippen molar-refractivity contribution in [2.75, 3.05) is 39.0 Å². The normalized spacial score (nSPS) is 11.7. The van der Waals surface area contributed by atoms with Crippen LogP contribution in [-0.4, -0.2) is 49.6 Å². The molecule has 0 aliphatic carbocycles. The molecule has 0 bridgehead atoms. The van der Waals surface area contributed by atoms with Crippen LogP contribution in [0, 0.1) is 0 Å². The molecule has 0 aromatic carbocycles. The summed E-state index contributed by atoms with van der Waals surface area (Å²) in [4.78, 5) is 11.3. The Morgan fingerprint density at radius 3 is 2.67 bits per heavy atom. The van der Waals surface area contributed by atoms with Gasteiger partial charge in [-0.3, -0.25) is 4.99 Å². The van der Waals surface area contributed by atoms with Crippen molar-refractivity contribution < 1.29 is 13.2 Å². The standard InChI is InChI=1S/C17H22F3N5S.HI/c1-21-16(25(2)11-7-13-5-4-12-26-13)24-10-9-23-15-14(17(18,19)20)6-3-8-22-15;/h3-6,8,12H,7,9-11H2,1-2H3,(H,21,24)(H,22,23);1H. The predicted octanol–water partition coefficient (Wildman–Crippen LogP) is 3.94. The molecule has 150 valence electrons. The van der Waals surface area contributed by atoms with Gasteiger partial charge in [0, 0.05) is 44.8 Å². The Kier molecular flexibility index (Phi) is 9.84. The highest BCUT2D eigenvalue weighted by atomic mass is 127. The first-order valence-electron chi connectivity index (χ1n) is 8.12. The van der Waals surface area contributed by atoms with Gasteiger partial charge in [-0.25, -0.2) is 4.98 Å². The number of alkyl halides is 3. The number of pyridine rings is 1. The van der Waals surface area contributed by atoms with E-state index in [-0.39, 0.29) is 36.3 Å². The number of hydrogen-bond acceptors (Lipinski definition) is 4. The first kappa shape index (κ1) is 23.5. The molecule has 0 amide bonds. The van der Waals surface area contributed by atoms with Crippen molar-refractivity contribution >= 4 is 47.1 Å². The fourth-order valence-electron chi connectivity index (χ4n) is 2.35. The summed E-state index contributed by atoms with van der Waals surface area (Å²) in [5.74, 6) is 0.531. The van der Waals surface area contributed by atoms with Crippen LogP contribution in [0.3, 0.4) is 0 Å². The van der Waals surface area contributed by atoms with E-state index in [1.807, 2.05) is 23.4 Å². The van der Waals surface area contributed by atoms with E-state index in [4.69, 9.17) is 0 Å². The first-order valence-corrected chi connectivity index (χ1v) is 9.00.